The summed E-state index contributed by atoms with van der Waals surface area (Å²) in [6.07, 6.45) is 2.04. The molecular formula is C17H15BrN2O2S2. The summed E-state index contributed by atoms with van der Waals surface area (Å²) in [5.74, 6) is 0.340. The van der Waals surface area contributed by atoms with Crippen molar-refractivity contribution in [3.8, 4) is 10.6 Å². The van der Waals surface area contributed by atoms with Crippen LogP contribution in [0.5, 0.6) is 0 Å². The Morgan fingerprint density at radius 2 is 2.04 bits per heavy atom. The second-order valence-corrected chi connectivity index (χ2v) is 8.44. The van der Waals surface area contributed by atoms with Crippen LogP contribution in [0, 0.1) is 6.92 Å². The molecule has 3 rings (SSSR count). The molecule has 0 saturated carbocycles. The number of hydrogen-bond donors (Lipinski definition) is 1. The van der Waals surface area contributed by atoms with Crippen LogP contribution in [0.15, 0.2) is 49.6 Å². The number of nitrogens with one attached hydrogen (secondary N) is 1. The van der Waals surface area contributed by atoms with E-state index in [1.807, 2.05) is 42.7 Å². The summed E-state index contributed by atoms with van der Waals surface area (Å²) in [5.41, 5.74) is 2.12. The van der Waals surface area contributed by atoms with E-state index in [1.165, 1.54) is 16.2 Å². The lowest BCUT2D eigenvalue weighted by Crippen LogP contribution is -2.23. The highest BCUT2D eigenvalue weighted by Gasteiger charge is 2.22. The first-order valence-electron chi connectivity index (χ1n) is 7.21. The number of halogens is 1. The topological polar surface area (TPSA) is 55.1 Å². The fraction of sp³-hybridized carbons (Fsp3) is 0.176. The van der Waals surface area contributed by atoms with Crippen LogP contribution in [-0.4, -0.2) is 17.3 Å². The summed E-state index contributed by atoms with van der Waals surface area (Å²) >= 11 is 6.64. The molecule has 3 aromatic rings. The number of carbonyl (C=O) groups excluding carboxylic acids is 1. The first kappa shape index (κ1) is 17.3. The zero-order chi connectivity index (χ0) is 17.1. The first-order chi connectivity index (χ1) is 11.6. The lowest BCUT2D eigenvalue weighted by atomic mass is 10.1. The van der Waals surface area contributed by atoms with Crippen molar-refractivity contribution in [2.75, 3.05) is 6.26 Å². The van der Waals surface area contributed by atoms with Gasteiger partial charge in [0, 0.05) is 11.4 Å². The first-order valence-corrected chi connectivity index (χ1v) is 10.0. The van der Waals surface area contributed by atoms with Crippen LogP contribution in [0.25, 0.3) is 10.6 Å². The number of carbonyl (C=O) groups is 1. The van der Waals surface area contributed by atoms with E-state index in [4.69, 9.17) is 4.52 Å². The van der Waals surface area contributed by atoms with E-state index in [0.717, 1.165) is 14.2 Å². The van der Waals surface area contributed by atoms with Crippen LogP contribution in [0.2, 0.25) is 0 Å². The highest BCUT2D eigenvalue weighted by Crippen LogP contribution is 2.33. The third-order valence-electron chi connectivity index (χ3n) is 3.51. The monoisotopic (exact) mass is 422 g/mol. The number of aromatic nitrogens is 1. The van der Waals surface area contributed by atoms with Crippen molar-refractivity contribution >= 4 is 44.9 Å². The number of hydrogen-bond acceptors (Lipinski definition) is 5. The zero-order valence-corrected chi connectivity index (χ0v) is 16.3. The maximum Gasteiger partial charge on any atom is 0.257 e. The van der Waals surface area contributed by atoms with Crippen molar-refractivity contribution in [1.29, 1.82) is 0 Å². The molecule has 4 nitrogen and oxygen atoms in total. The highest BCUT2D eigenvalue weighted by atomic mass is 79.9. The molecule has 0 fully saturated rings. The summed E-state index contributed by atoms with van der Waals surface area (Å²) in [7, 11) is 0. The van der Waals surface area contributed by atoms with Crippen molar-refractivity contribution in [2.24, 2.45) is 0 Å². The summed E-state index contributed by atoms with van der Waals surface area (Å²) in [5, 5.41) is 6.99. The molecule has 1 amide bonds. The minimum atomic E-state index is -0.179. The minimum Gasteiger partial charge on any atom is -0.360 e. The Morgan fingerprint density at radius 1 is 1.29 bits per heavy atom. The predicted octanol–water partition coefficient (Wildman–Crippen LogP) is 5.13. The Labute approximate surface area is 156 Å². The van der Waals surface area contributed by atoms with Crippen LogP contribution in [-0.2, 0) is 6.54 Å². The zero-order valence-electron chi connectivity index (χ0n) is 13.1. The average Bonchev–Trinajstić information content (AvgIpc) is 3.18. The molecule has 0 aliphatic heterocycles. The van der Waals surface area contributed by atoms with E-state index >= 15 is 0 Å². The second-order valence-electron chi connectivity index (χ2n) is 5.10. The standard InChI is InChI=1S/C17H15BrN2O2S2/c1-10-15(16(20-22-10)13-7-8-14(18)24-13)17(21)19-9-11-3-5-12(23-2)6-4-11/h3-8H,9H2,1-2H3,(H,19,21). The molecule has 124 valence electrons. The molecule has 0 aliphatic carbocycles. The Kier molecular flexibility index (Phi) is 5.43. The number of thioether (sulfide) groups is 1. The van der Waals surface area contributed by atoms with Gasteiger partial charge in [-0.1, -0.05) is 17.3 Å². The highest BCUT2D eigenvalue weighted by molar-refractivity contribution is 9.11. The fourth-order valence-electron chi connectivity index (χ4n) is 2.26. The van der Waals surface area contributed by atoms with Gasteiger partial charge in [0.15, 0.2) is 0 Å². The number of thiophene rings is 1. The molecule has 2 aromatic heterocycles. The number of aryl methyl sites for hydroxylation is 1. The molecule has 1 N–H and O–H groups in total. The average molecular weight is 423 g/mol. The van der Waals surface area contributed by atoms with E-state index in [2.05, 4.69) is 26.4 Å². The van der Waals surface area contributed by atoms with Gasteiger partial charge in [-0.15, -0.1) is 23.1 Å². The molecule has 7 heteroatoms. The maximum absolute atomic E-state index is 12.6. The minimum absolute atomic E-state index is 0.179. The molecule has 2 heterocycles. The van der Waals surface area contributed by atoms with Crippen LogP contribution < -0.4 is 5.32 Å². The van der Waals surface area contributed by atoms with Crippen molar-refractivity contribution < 1.29 is 9.32 Å². The van der Waals surface area contributed by atoms with Gasteiger partial charge >= 0.3 is 0 Å². The number of nitrogens with zero attached hydrogens (tertiary/aromatic N) is 1. The molecule has 1 aromatic carbocycles. The van der Waals surface area contributed by atoms with Gasteiger partial charge in [-0.2, -0.15) is 0 Å². The SMILES string of the molecule is CSc1ccc(CNC(=O)c2c(-c3ccc(Br)s3)noc2C)cc1. The molecule has 0 atom stereocenters. The van der Waals surface area contributed by atoms with E-state index in [9.17, 15) is 4.79 Å². The molecule has 0 bridgehead atoms. The van der Waals surface area contributed by atoms with Crippen molar-refractivity contribution in [3.63, 3.8) is 0 Å². The van der Waals surface area contributed by atoms with Gasteiger partial charge in [0.25, 0.3) is 5.91 Å². The van der Waals surface area contributed by atoms with Gasteiger partial charge < -0.3 is 9.84 Å². The van der Waals surface area contributed by atoms with E-state index in [-0.39, 0.29) is 5.91 Å². The summed E-state index contributed by atoms with van der Waals surface area (Å²) in [6, 6.07) is 12.0. The van der Waals surface area contributed by atoms with Gasteiger partial charge in [0.2, 0.25) is 0 Å². The molecule has 24 heavy (non-hydrogen) atoms. The van der Waals surface area contributed by atoms with Gasteiger partial charge in [0.05, 0.1) is 8.66 Å². The molecule has 0 aliphatic rings. The number of amides is 1. The van der Waals surface area contributed by atoms with Crippen LogP contribution in [0.1, 0.15) is 21.7 Å². The Morgan fingerprint density at radius 3 is 2.67 bits per heavy atom. The third kappa shape index (κ3) is 3.74. The van der Waals surface area contributed by atoms with Crippen LogP contribution in [0.4, 0.5) is 0 Å². The fourth-order valence-corrected chi connectivity index (χ4v) is 4.05. The number of benzene rings is 1. The molecule has 0 radical (unpaired) electrons. The normalized spacial score (nSPS) is 10.8. The van der Waals surface area contributed by atoms with Crippen LogP contribution in [0.3, 0.4) is 0 Å². The van der Waals surface area contributed by atoms with E-state index in [1.54, 1.807) is 18.7 Å². The quantitative estimate of drug-likeness (QED) is 0.579. The third-order valence-corrected chi connectivity index (χ3v) is 5.88. The lowest BCUT2D eigenvalue weighted by Gasteiger charge is -2.06. The van der Waals surface area contributed by atoms with Crippen LogP contribution >= 0.6 is 39.0 Å². The second kappa shape index (κ2) is 7.55. The lowest BCUT2D eigenvalue weighted by molar-refractivity contribution is 0.0950. The van der Waals surface area contributed by atoms with Crippen molar-refractivity contribution in [2.45, 2.75) is 18.4 Å². The summed E-state index contributed by atoms with van der Waals surface area (Å²) in [4.78, 5) is 14.7. The van der Waals surface area contributed by atoms with Gasteiger partial charge in [-0.3, -0.25) is 4.79 Å². The predicted molar refractivity (Wildman–Crippen MR) is 102 cm³/mol. The van der Waals surface area contributed by atoms with Crippen molar-refractivity contribution in [1.82, 2.24) is 10.5 Å². The van der Waals surface area contributed by atoms with E-state index < -0.39 is 0 Å². The largest absolute Gasteiger partial charge is 0.360 e. The molecule has 0 unspecified atom stereocenters. The summed E-state index contributed by atoms with van der Waals surface area (Å²) < 4.78 is 6.23. The molecule has 0 saturated heterocycles. The maximum atomic E-state index is 12.6. The Hall–Kier alpha value is -1.57. The Bertz CT molecular complexity index is 856. The number of rotatable bonds is 5. The van der Waals surface area contributed by atoms with Gasteiger partial charge in [-0.05, 0) is 58.9 Å². The Balaban J connectivity index is 1.76. The summed E-state index contributed by atoms with van der Waals surface area (Å²) in [6.45, 7) is 2.22. The van der Waals surface area contributed by atoms with Gasteiger partial charge in [-0.25, -0.2) is 0 Å². The smallest absolute Gasteiger partial charge is 0.257 e. The van der Waals surface area contributed by atoms with Crippen molar-refractivity contribution in [3.05, 3.63) is 57.1 Å². The van der Waals surface area contributed by atoms with Gasteiger partial charge in [0.1, 0.15) is 17.0 Å². The van der Waals surface area contributed by atoms with E-state index in [0.29, 0.717) is 23.6 Å². The molecule has 0 spiro atoms. The molecular weight excluding hydrogens is 408 g/mol.